The second-order valence-electron chi connectivity index (χ2n) is 16.9. The Morgan fingerprint density at radius 1 is 0.957 bits per heavy atom. The van der Waals surface area contributed by atoms with Crippen molar-refractivity contribution in [2.45, 2.75) is 64.7 Å². The number of nitrogens with one attached hydrogen (secondary N) is 1. The lowest BCUT2D eigenvalue weighted by atomic mass is 9.85. The van der Waals surface area contributed by atoms with E-state index in [1.54, 1.807) is 16.8 Å². The second-order valence-corrected chi connectivity index (χ2v) is 21.4. The number of carbonyl (C=O) groups is 2. The number of rotatable bonds is 14. The van der Waals surface area contributed by atoms with Gasteiger partial charge < -0.3 is 54.7 Å². The van der Waals surface area contributed by atoms with Gasteiger partial charge in [-0.3, -0.25) is 9.32 Å². The van der Waals surface area contributed by atoms with E-state index in [9.17, 15) is 38.2 Å². The summed E-state index contributed by atoms with van der Waals surface area (Å²) in [7, 11) is -16.6. The molecule has 4 atom stereocenters. The van der Waals surface area contributed by atoms with Gasteiger partial charge in [-0.15, -0.1) is 0 Å². The third kappa shape index (κ3) is 10.2. The highest BCUT2D eigenvalue weighted by Crippen LogP contribution is 2.66. The molecule has 25 heteroatoms. The Hall–Kier alpha value is -5.78. The third-order valence-corrected chi connectivity index (χ3v) is 16.3. The number of aromatic nitrogens is 3. The van der Waals surface area contributed by atoms with E-state index in [2.05, 4.69) is 83.3 Å². The lowest BCUT2D eigenvalue weighted by Crippen LogP contribution is -2.39. The second kappa shape index (κ2) is 19.4. The van der Waals surface area contributed by atoms with E-state index in [0.717, 1.165) is 84.8 Å². The number of nitrogens with zero attached hydrogens (tertiary/aromatic N) is 5. The molecule has 0 bridgehead atoms. The van der Waals surface area contributed by atoms with Gasteiger partial charge >= 0.3 is 29.4 Å². The number of fused-ring (bicyclic) bond motifs is 5. The van der Waals surface area contributed by atoms with Crippen LogP contribution in [0.2, 0.25) is 0 Å². The number of nitrogen functional groups attached to an aromatic ring is 1. The highest BCUT2D eigenvalue weighted by molar-refractivity contribution is 7.66. The average Bonchev–Trinajstić information content (AvgIpc) is 3.94. The molecule has 1 fully saturated rings. The Morgan fingerprint density at radius 2 is 1.76 bits per heavy atom. The summed E-state index contributed by atoms with van der Waals surface area (Å²) >= 11 is 0. The molecule has 1 amide bonds. The normalized spacial score (nSPS) is 19.1. The van der Waals surface area contributed by atoms with Gasteiger partial charge in [-0.25, -0.2) is 33.0 Å². The predicted octanol–water partition coefficient (Wildman–Crippen LogP) is 4.10. The number of benzene rings is 3. The minimum atomic E-state index is -5.70. The van der Waals surface area contributed by atoms with E-state index in [4.69, 9.17) is 29.5 Å². The van der Waals surface area contributed by atoms with Gasteiger partial charge in [0.05, 0.1) is 41.8 Å². The Bertz CT molecular complexity index is 3330. The van der Waals surface area contributed by atoms with E-state index in [0.29, 0.717) is 45.7 Å². The lowest BCUT2D eigenvalue weighted by molar-refractivity contribution is -0.0202. The number of carbonyl (C=O) groups excluding carboxylic acids is 1. The number of anilines is 2. The van der Waals surface area contributed by atoms with Crippen LogP contribution < -0.4 is 35.8 Å². The van der Waals surface area contributed by atoms with Crippen molar-refractivity contribution in [3.05, 3.63) is 105 Å². The fourth-order valence-electron chi connectivity index (χ4n) is 9.51. The number of amides is 1. The van der Waals surface area contributed by atoms with Crippen molar-refractivity contribution in [2.24, 2.45) is 0 Å². The number of ether oxygens (including phenoxy) is 2. The fourth-order valence-corrected chi connectivity index (χ4v) is 12.6. The van der Waals surface area contributed by atoms with Crippen LogP contribution in [0.25, 0.3) is 16.6 Å². The summed E-state index contributed by atoms with van der Waals surface area (Å²) in [6.45, 7) is 6.97. The van der Waals surface area contributed by atoms with Crippen LogP contribution >= 0.6 is 23.5 Å². The summed E-state index contributed by atoms with van der Waals surface area (Å²) in [5.74, 6) is 5.64. The van der Waals surface area contributed by atoms with Crippen molar-refractivity contribution in [2.75, 3.05) is 50.0 Å². The molecular weight excluding hydrogens is 971 g/mol. The first-order chi connectivity index (χ1) is 33.3. The zero-order chi connectivity index (χ0) is 49.7. The largest absolute Gasteiger partial charge is 0.490 e. The van der Waals surface area contributed by atoms with Gasteiger partial charge in [0.1, 0.15) is 48.6 Å². The van der Waals surface area contributed by atoms with Crippen LogP contribution in [0.15, 0.2) is 55.0 Å². The molecule has 0 saturated carbocycles. The van der Waals surface area contributed by atoms with Crippen molar-refractivity contribution in [3.8, 4) is 23.3 Å². The van der Waals surface area contributed by atoms with Gasteiger partial charge in [0, 0.05) is 64.9 Å². The van der Waals surface area contributed by atoms with Crippen LogP contribution in [0.4, 0.5) is 11.5 Å². The van der Waals surface area contributed by atoms with Crippen LogP contribution in [0.1, 0.15) is 94.3 Å². The molecule has 0 radical (unpaired) electrons. The monoisotopic (exact) mass is 1020 g/mol. The fraction of sp³-hybridized carbons (Fsp3) is 0.356. The number of phosphoric ester groups is 1. The van der Waals surface area contributed by atoms with Gasteiger partial charge in [0.2, 0.25) is 5.36 Å². The summed E-state index contributed by atoms with van der Waals surface area (Å²) < 4.78 is 64.0. The van der Waals surface area contributed by atoms with Gasteiger partial charge in [-0.1, -0.05) is 11.8 Å². The van der Waals surface area contributed by atoms with Crippen molar-refractivity contribution in [3.63, 3.8) is 0 Å². The number of hydrogen-bond acceptors (Lipinski definition) is 14. The molecular formula is C45H49N7O15P3+. The van der Waals surface area contributed by atoms with Crippen LogP contribution in [-0.2, 0) is 44.4 Å². The van der Waals surface area contributed by atoms with Gasteiger partial charge in [-0.05, 0) is 87.4 Å². The number of hydrogen-bond donors (Lipinski definition) is 7. The number of nitrogens with two attached hydrogens (primary N) is 1. The number of carboxylic acids is 1. The number of phosphoric acid groups is 3. The molecule has 3 aromatic carbocycles. The summed E-state index contributed by atoms with van der Waals surface area (Å²) in [5.41, 5.74) is 12.4. The maximum atomic E-state index is 14.0. The topological polar surface area (TPSA) is 308 Å². The molecule has 1 saturated heterocycles. The highest BCUT2D eigenvalue weighted by atomic mass is 31.3. The summed E-state index contributed by atoms with van der Waals surface area (Å²) in [6.07, 6.45) is 5.51. The van der Waals surface area contributed by atoms with Crippen LogP contribution in [0.3, 0.4) is 0 Å². The maximum Gasteiger partial charge on any atom is 0.490 e. The molecule has 22 nitrogen and oxygen atoms in total. The SMILES string of the molecule is CCN1CCCc2cc3c(cc21)Oc1cc2c(cc1=C3c1cc(C(=O)NCC#Cc3cn([C@H]4CC[C@@H](COP(=O)(O)OP(=O)(O)OP(=O)(O)O)O4)c4ncnc(N)c34)ccc1C(=O)O)CCC[N+]=2CC. The van der Waals surface area contributed by atoms with E-state index < -0.39 is 54.3 Å². The predicted molar refractivity (Wildman–Crippen MR) is 253 cm³/mol. The first-order valence-corrected chi connectivity index (χ1v) is 26.9. The molecule has 70 heavy (non-hydrogen) atoms. The Balaban J connectivity index is 0.978. The average molecular weight is 1020 g/mol. The molecule has 4 aliphatic heterocycles. The minimum Gasteiger partial charge on any atom is -0.478 e. The molecule has 368 valence electrons. The number of carboxylic acid groups (broad SMARTS) is 1. The summed E-state index contributed by atoms with van der Waals surface area (Å²) in [6, 6.07) is 12.9. The van der Waals surface area contributed by atoms with E-state index >= 15 is 0 Å². The smallest absolute Gasteiger partial charge is 0.478 e. The van der Waals surface area contributed by atoms with Crippen LogP contribution in [0.5, 0.6) is 11.5 Å². The Morgan fingerprint density at radius 3 is 2.51 bits per heavy atom. The van der Waals surface area contributed by atoms with E-state index in [-0.39, 0.29) is 29.9 Å². The molecule has 2 aromatic heterocycles. The highest BCUT2D eigenvalue weighted by Gasteiger charge is 2.42. The molecule has 8 N–H and O–H groups in total. The number of aromatic carboxylic acids is 1. The molecule has 4 aliphatic rings. The standard InChI is InChI=1S/C45H48N7O15P3/c1-3-50-16-6-9-26-18-33-37(21-35(26)50)65-38-22-36-27(10-7-17-51(36)4-2)19-34(38)41(33)32-20-28(11-13-31(32)45(54)55)44(53)47-15-5-8-29-23-52(43-40(29)42(46)48-25-49-43)39-14-12-30(64-39)24-63-69(59,60)67-70(61,62)66-68(56,57)58/h11,13,18-23,25,30,39H,3-4,6-7,9-10,12,14-17,24H2,1-2H3,(H7-,46,47,48,49,53,54,55,56,57,58,59,60,61,62)/p+1/t30-,39+/m0/s1. The number of aryl methyl sites for hydroxylation is 2. The maximum absolute atomic E-state index is 14.0. The van der Waals surface area contributed by atoms with Crippen molar-refractivity contribution in [1.82, 2.24) is 24.4 Å². The Labute approximate surface area is 399 Å². The lowest BCUT2D eigenvalue weighted by Gasteiger charge is -2.32. The minimum absolute atomic E-state index is 0.0269. The summed E-state index contributed by atoms with van der Waals surface area (Å²) in [5, 5.41) is 15.7. The van der Waals surface area contributed by atoms with Crippen LogP contribution in [0, 0.1) is 11.8 Å². The van der Waals surface area contributed by atoms with Gasteiger partial charge in [0.25, 0.3) is 5.91 Å². The molecule has 6 heterocycles. The quantitative estimate of drug-likeness (QED) is 0.0459. The first kappa shape index (κ1) is 49.2. The zero-order valence-corrected chi connectivity index (χ0v) is 40.5. The van der Waals surface area contributed by atoms with Crippen LogP contribution in [-0.4, -0.2) is 96.5 Å². The molecule has 0 aliphatic carbocycles. The van der Waals surface area contributed by atoms with E-state index in [1.165, 1.54) is 18.5 Å². The Kier molecular flexibility index (Phi) is 13.7. The van der Waals surface area contributed by atoms with Crippen molar-refractivity contribution in [1.29, 1.82) is 0 Å². The van der Waals surface area contributed by atoms with Gasteiger partial charge in [-0.2, -0.15) is 8.62 Å². The van der Waals surface area contributed by atoms with E-state index in [1.807, 2.05) is 0 Å². The zero-order valence-electron chi connectivity index (χ0n) is 37.8. The molecule has 9 rings (SSSR count). The molecule has 5 aromatic rings. The van der Waals surface area contributed by atoms with Crippen molar-refractivity contribution < 1.29 is 70.6 Å². The van der Waals surface area contributed by atoms with Crippen molar-refractivity contribution >= 4 is 63.5 Å². The van der Waals surface area contributed by atoms with Gasteiger partial charge in [0.15, 0.2) is 0 Å². The third-order valence-electron chi connectivity index (χ3n) is 12.5. The molecule has 0 spiro atoms. The first-order valence-electron chi connectivity index (χ1n) is 22.4. The summed E-state index contributed by atoms with van der Waals surface area (Å²) in [4.78, 5) is 74.7. The molecule has 2 unspecified atom stereocenters.